The van der Waals surface area contributed by atoms with Gasteiger partial charge in [-0.05, 0) is 37.7 Å². The summed E-state index contributed by atoms with van der Waals surface area (Å²) in [6, 6.07) is 5.54. The van der Waals surface area contributed by atoms with Crippen molar-refractivity contribution in [2.24, 2.45) is 0 Å². The minimum Gasteiger partial charge on any atom is -0.462 e. The molecule has 0 heterocycles. The van der Waals surface area contributed by atoms with Crippen molar-refractivity contribution in [3.05, 3.63) is 35.6 Å². The van der Waals surface area contributed by atoms with Crippen molar-refractivity contribution < 1.29 is 13.9 Å². The first-order valence-corrected chi connectivity index (χ1v) is 6.32. The molecular weight excluding hydrogens is 233 g/mol. The summed E-state index contributed by atoms with van der Waals surface area (Å²) in [5, 5.41) is 0. The maximum Gasteiger partial charge on any atom is 0.338 e. The van der Waals surface area contributed by atoms with Gasteiger partial charge in [-0.3, -0.25) is 0 Å². The summed E-state index contributed by atoms with van der Waals surface area (Å²) in [4.78, 5) is 13.8. The molecule has 0 unspecified atom stereocenters. The van der Waals surface area contributed by atoms with Crippen LogP contribution in [0.5, 0.6) is 0 Å². The number of carbonyl (C=O) groups is 1. The number of nitrogens with zero attached hydrogens (tertiary/aromatic N) is 1. The van der Waals surface area contributed by atoms with Crippen molar-refractivity contribution in [3.63, 3.8) is 0 Å². The molecule has 0 N–H and O–H groups in total. The highest BCUT2D eigenvalue weighted by atomic mass is 19.1. The van der Waals surface area contributed by atoms with Gasteiger partial charge in [0, 0.05) is 6.54 Å². The lowest BCUT2D eigenvalue weighted by atomic mass is 10.2. The molecule has 0 aliphatic rings. The first-order chi connectivity index (χ1) is 8.67. The van der Waals surface area contributed by atoms with E-state index in [1.165, 1.54) is 18.2 Å². The van der Waals surface area contributed by atoms with Gasteiger partial charge in [-0.15, -0.1) is 0 Å². The van der Waals surface area contributed by atoms with E-state index in [1.807, 2.05) is 0 Å². The second-order valence-corrected chi connectivity index (χ2v) is 4.03. The number of halogens is 1. The smallest absolute Gasteiger partial charge is 0.338 e. The first-order valence-electron chi connectivity index (χ1n) is 6.32. The van der Waals surface area contributed by atoms with Crippen molar-refractivity contribution in [1.82, 2.24) is 4.90 Å². The minimum absolute atomic E-state index is 0.262. The molecule has 0 amide bonds. The lowest BCUT2D eigenvalue weighted by Crippen LogP contribution is -2.25. The number of hydrogen-bond donors (Lipinski definition) is 0. The zero-order valence-electron chi connectivity index (χ0n) is 11.0. The van der Waals surface area contributed by atoms with Crippen LogP contribution in [-0.2, 0) is 4.74 Å². The van der Waals surface area contributed by atoms with Gasteiger partial charge in [-0.2, -0.15) is 0 Å². The van der Waals surface area contributed by atoms with E-state index in [-0.39, 0.29) is 5.56 Å². The molecule has 0 bridgehead atoms. The lowest BCUT2D eigenvalue weighted by molar-refractivity contribution is 0.0489. The molecule has 4 heteroatoms. The molecule has 0 radical (unpaired) electrons. The first kappa shape index (κ1) is 14.6. The number of esters is 1. The van der Waals surface area contributed by atoms with Crippen molar-refractivity contribution >= 4 is 5.97 Å². The Labute approximate surface area is 108 Å². The highest BCUT2D eigenvalue weighted by Crippen LogP contribution is 2.05. The van der Waals surface area contributed by atoms with E-state index in [0.717, 1.165) is 26.1 Å². The molecule has 1 aromatic rings. The molecule has 1 aromatic carbocycles. The molecule has 18 heavy (non-hydrogen) atoms. The van der Waals surface area contributed by atoms with E-state index in [2.05, 4.69) is 18.7 Å². The molecule has 1 rings (SSSR count). The molecule has 0 saturated heterocycles. The molecule has 0 saturated carbocycles. The number of ether oxygens (including phenoxy) is 1. The Morgan fingerprint density at radius 3 is 2.67 bits per heavy atom. The summed E-state index contributed by atoms with van der Waals surface area (Å²) >= 11 is 0. The fourth-order valence-corrected chi connectivity index (χ4v) is 1.69. The summed E-state index contributed by atoms with van der Waals surface area (Å²) in [6.07, 6.45) is 0.794. The molecule has 0 atom stereocenters. The van der Waals surface area contributed by atoms with E-state index in [0.29, 0.717) is 6.61 Å². The fraction of sp³-hybridized carbons (Fsp3) is 0.500. The Morgan fingerprint density at radius 2 is 2.06 bits per heavy atom. The maximum absolute atomic E-state index is 12.9. The Balaban J connectivity index is 2.29. The van der Waals surface area contributed by atoms with Crippen LogP contribution >= 0.6 is 0 Å². The second-order valence-electron chi connectivity index (χ2n) is 4.03. The summed E-state index contributed by atoms with van der Waals surface area (Å²) < 4.78 is 18.0. The van der Waals surface area contributed by atoms with E-state index in [4.69, 9.17) is 4.74 Å². The van der Waals surface area contributed by atoms with Crippen molar-refractivity contribution in [2.45, 2.75) is 20.3 Å². The Kier molecular flexibility index (Phi) is 6.36. The highest BCUT2D eigenvalue weighted by Gasteiger charge is 2.07. The van der Waals surface area contributed by atoms with E-state index < -0.39 is 11.8 Å². The predicted molar refractivity (Wildman–Crippen MR) is 69.1 cm³/mol. The molecule has 3 nitrogen and oxygen atoms in total. The topological polar surface area (TPSA) is 29.5 Å². The lowest BCUT2D eigenvalue weighted by Gasteiger charge is -2.17. The van der Waals surface area contributed by atoms with Crippen LogP contribution < -0.4 is 0 Å². The molecule has 0 spiro atoms. The average Bonchev–Trinajstić information content (AvgIpc) is 2.38. The number of benzene rings is 1. The maximum atomic E-state index is 12.9. The molecule has 0 aromatic heterocycles. The van der Waals surface area contributed by atoms with Gasteiger partial charge in [-0.25, -0.2) is 9.18 Å². The van der Waals surface area contributed by atoms with Crippen molar-refractivity contribution in [2.75, 3.05) is 26.2 Å². The van der Waals surface area contributed by atoms with E-state index in [9.17, 15) is 9.18 Å². The Bertz CT molecular complexity index is 378. The molecule has 0 fully saturated rings. The van der Waals surface area contributed by atoms with Gasteiger partial charge in [0.05, 0.1) is 12.2 Å². The van der Waals surface area contributed by atoms with Crippen LogP contribution in [0.25, 0.3) is 0 Å². The van der Waals surface area contributed by atoms with Crippen LogP contribution in [0.1, 0.15) is 30.6 Å². The number of hydrogen-bond acceptors (Lipinski definition) is 3. The monoisotopic (exact) mass is 253 g/mol. The van der Waals surface area contributed by atoms with Crippen LogP contribution in [0.2, 0.25) is 0 Å². The van der Waals surface area contributed by atoms with Crippen LogP contribution in [0.3, 0.4) is 0 Å². The van der Waals surface area contributed by atoms with Crippen molar-refractivity contribution in [3.8, 4) is 0 Å². The third-order valence-corrected chi connectivity index (χ3v) is 2.81. The van der Waals surface area contributed by atoms with Gasteiger partial charge in [0.25, 0.3) is 0 Å². The fourth-order valence-electron chi connectivity index (χ4n) is 1.69. The van der Waals surface area contributed by atoms with Gasteiger partial charge in [0.15, 0.2) is 0 Å². The largest absolute Gasteiger partial charge is 0.462 e. The Hall–Kier alpha value is -1.42. The molecule has 0 aliphatic carbocycles. The van der Waals surface area contributed by atoms with Crippen LogP contribution in [0.4, 0.5) is 4.39 Å². The Morgan fingerprint density at radius 1 is 1.33 bits per heavy atom. The highest BCUT2D eigenvalue weighted by molar-refractivity contribution is 5.89. The van der Waals surface area contributed by atoms with Gasteiger partial charge in [-0.1, -0.05) is 19.9 Å². The second kappa shape index (κ2) is 7.82. The standard InChI is InChI=1S/C14H20FNO2/c1-3-16(4-2)9-6-10-18-14(17)12-7-5-8-13(15)11-12/h5,7-8,11H,3-4,6,9-10H2,1-2H3. The normalized spacial score (nSPS) is 10.7. The minimum atomic E-state index is -0.464. The van der Waals surface area contributed by atoms with Crippen LogP contribution in [0.15, 0.2) is 24.3 Å². The predicted octanol–water partition coefficient (Wildman–Crippen LogP) is 2.71. The van der Waals surface area contributed by atoms with Gasteiger partial charge in [0.1, 0.15) is 5.82 Å². The third kappa shape index (κ3) is 4.84. The van der Waals surface area contributed by atoms with Gasteiger partial charge >= 0.3 is 5.97 Å². The van der Waals surface area contributed by atoms with E-state index >= 15 is 0 Å². The van der Waals surface area contributed by atoms with Crippen LogP contribution in [-0.4, -0.2) is 37.1 Å². The van der Waals surface area contributed by atoms with Gasteiger partial charge < -0.3 is 9.64 Å². The average molecular weight is 253 g/mol. The van der Waals surface area contributed by atoms with Crippen LogP contribution in [0, 0.1) is 5.82 Å². The summed E-state index contributed by atoms with van der Waals surface area (Å²) in [6.45, 7) is 7.46. The zero-order valence-corrected chi connectivity index (χ0v) is 11.0. The van der Waals surface area contributed by atoms with E-state index in [1.54, 1.807) is 6.07 Å². The van der Waals surface area contributed by atoms with Gasteiger partial charge in [0.2, 0.25) is 0 Å². The SMILES string of the molecule is CCN(CC)CCCOC(=O)c1cccc(F)c1. The summed E-state index contributed by atoms with van der Waals surface area (Å²) in [5.74, 6) is -0.887. The summed E-state index contributed by atoms with van der Waals surface area (Å²) in [5.41, 5.74) is 0.262. The third-order valence-electron chi connectivity index (χ3n) is 2.81. The quantitative estimate of drug-likeness (QED) is 0.553. The summed E-state index contributed by atoms with van der Waals surface area (Å²) in [7, 11) is 0. The molecular formula is C14H20FNO2. The number of carbonyl (C=O) groups excluding carboxylic acids is 1. The zero-order chi connectivity index (χ0) is 13.4. The molecule has 0 aliphatic heterocycles. The number of rotatable bonds is 7. The van der Waals surface area contributed by atoms with Crippen molar-refractivity contribution in [1.29, 1.82) is 0 Å². The molecule has 100 valence electrons.